The molecule has 144 valence electrons. The van der Waals surface area contributed by atoms with Gasteiger partial charge in [0.25, 0.3) is 0 Å². The van der Waals surface area contributed by atoms with Gasteiger partial charge in [-0.1, -0.05) is 29.8 Å². The van der Waals surface area contributed by atoms with Crippen molar-refractivity contribution >= 4 is 39.3 Å². The highest BCUT2D eigenvalue weighted by Gasteiger charge is 2.70. The molecule has 3 amide bonds. The second kappa shape index (κ2) is 6.39. The summed E-state index contributed by atoms with van der Waals surface area (Å²) in [6.07, 6.45) is 0. The van der Waals surface area contributed by atoms with Crippen molar-refractivity contribution in [2.24, 2.45) is 17.8 Å². The molecule has 0 aromatic heterocycles. The number of carbonyl (C=O) groups is 3. The molecule has 4 rings (SSSR count). The summed E-state index contributed by atoms with van der Waals surface area (Å²) in [6.45, 7) is 4.48. The Hall–Kier alpha value is -1.77. The number of rotatable bonds is 4. The Balaban J connectivity index is 1.86. The van der Waals surface area contributed by atoms with Gasteiger partial charge in [-0.2, -0.15) is 0 Å². The summed E-state index contributed by atoms with van der Waals surface area (Å²) in [5.41, 5.74) is 0.164. The third-order valence-corrected chi connectivity index (χ3v) is 6.43. The number of ether oxygens (including phenoxy) is 1. The van der Waals surface area contributed by atoms with Crippen LogP contribution < -0.4 is 10.6 Å². The lowest BCUT2D eigenvalue weighted by Crippen LogP contribution is -2.54. The molecule has 1 aromatic carbocycles. The number of benzene rings is 1. The molecule has 8 heteroatoms. The first-order valence-electron chi connectivity index (χ1n) is 9.06. The van der Waals surface area contributed by atoms with Gasteiger partial charge >= 0.3 is 0 Å². The van der Waals surface area contributed by atoms with E-state index >= 15 is 0 Å². The molecular weight excluding hydrogens is 414 g/mol. The van der Waals surface area contributed by atoms with E-state index in [2.05, 4.69) is 26.6 Å². The molecule has 1 aromatic rings. The van der Waals surface area contributed by atoms with Crippen molar-refractivity contribution in [3.05, 3.63) is 28.2 Å². The van der Waals surface area contributed by atoms with E-state index in [4.69, 9.17) is 4.74 Å². The highest BCUT2D eigenvalue weighted by Crippen LogP contribution is 2.54. The maximum absolute atomic E-state index is 13.3. The lowest BCUT2D eigenvalue weighted by Gasteiger charge is -2.30. The second-order valence-corrected chi connectivity index (χ2v) is 8.61. The molecule has 2 saturated heterocycles. The van der Waals surface area contributed by atoms with Gasteiger partial charge in [0.05, 0.1) is 25.0 Å². The van der Waals surface area contributed by atoms with Crippen LogP contribution in [0, 0.1) is 17.8 Å². The summed E-state index contributed by atoms with van der Waals surface area (Å²) in [5, 5.41) is 6.30. The van der Waals surface area contributed by atoms with E-state index in [1.807, 2.05) is 32.0 Å². The van der Waals surface area contributed by atoms with E-state index in [1.54, 1.807) is 0 Å². The summed E-state index contributed by atoms with van der Waals surface area (Å²) in [7, 11) is 1.53. The fraction of sp³-hybridized carbons (Fsp3) is 0.526. The van der Waals surface area contributed by atoms with Crippen LogP contribution in [0.2, 0.25) is 0 Å². The average Bonchev–Trinajstić information content (AvgIpc) is 3.20. The van der Waals surface area contributed by atoms with Crippen LogP contribution in [0.25, 0.3) is 0 Å². The van der Waals surface area contributed by atoms with Crippen LogP contribution in [-0.4, -0.2) is 48.9 Å². The predicted octanol–water partition coefficient (Wildman–Crippen LogP) is 1.47. The first-order chi connectivity index (χ1) is 12.8. The number of hydrogen-bond acceptors (Lipinski definition) is 5. The van der Waals surface area contributed by atoms with Crippen molar-refractivity contribution in [1.29, 1.82) is 0 Å². The Morgan fingerprint density at radius 3 is 2.67 bits per heavy atom. The molecule has 27 heavy (non-hydrogen) atoms. The van der Waals surface area contributed by atoms with Gasteiger partial charge in [-0.25, -0.2) is 0 Å². The Morgan fingerprint density at radius 2 is 2.00 bits per heavy atom. The maximum Gasteiger partial charge on any atom is 0.250 e. The van der Waals surface area contributed by atoms with E-state index in [0.717, 1.165) is 10.0 Å². The summed E-state index contributed by atoms with van der Waals surface area (Å²) >= 11 is 3.46. The van der Waals surface area contributed by atoms with Gasteiger partial charge in [0, 0.05) is 28.9 Å². The van der Waals surface area contributed by atoms with E-state index < -0.39 is 17.4 Å². The second-order valence-electron chi connectivity index (χ2n) is 7.69. The Morgan fingerprint density at radius 1 is 1.26 bits per heavy atom. The topological polar surface area (TPSA) is 87.7 Å². The Bertz CT molecular complexity index is 842. The average molecular weight is 436 g/mol. The molecule has 0 unspecified atom stereocenters. The lowest BCUT2D eigenvalue weighted by molar-refractivity contribution is -0.143. The van der Waals surface area contributed by atoms with E-state index in [-0.39, 0.29) is 42.8 Å². The molecular formula is C19H22BrN3O4. The zero-order chi connectivity index (χ0) is 19.5. The number of likely N-dealkylation sites (tertiary alicyclic amines) is 1. The number of anilines is 1. The number of amides is 3. The van der Waals surface area contributed by atoms with Crippen molar-refractivity contribution in [3.63, 3.8) is 0 Å². The smallest absolute Gasteiger partial charge is 0.250 e. The molecule has 0 bridgehead atoms. The minimum atomic E-state index is -1.23. The zero-order valence-electron chi connectivity index (χ0n) is 15.4. The molecule has 0 aliphatic carbocycles. The molecule has 3 aliphatic rings. The quantitative estimate of drug-likeness (QED) is 0.699. The van der Waals surface area contributed by atoms with Gasteiger partial charge in [-0.15, -0.1) is 0 Å². The fourth-order valence-electron chi connectivity index (χ4n) is 4.74. The normalized spacial score (nSPS) is 31.8. The van der Waals surface area contributed by atoms with Crippen molar-refractivity contribution in [3.8, 4) is 0 Å². The highest BCUT2D eigenvalue weighted by atomic mass is 79.9. The van der Waals surface area contributed by atoms with Crippen LogP contribution >= 0.6 is 15.9 Å². The van der Waals surface area contributed by atoms with Crippen LogP contribution in [0.15, 0.2) is 22.7 Å². The molecule has 1 spiro atoms. The van der Waals surface area contributed by atoms with Crippen LogP contribution in [0.3, 0.4) is 0 Å². The first-order valence-corrected chi connectivity index (χ1v) is 9.85. The van der Waals surface area contributed by atoms with Crippen molar-refractivity contribution in [2.45, 2.75) is 25.4 Å². The highest BCUT2D eigenvalue weighted by molar-refractivity contribution is 9.10. The molecule has 3 heterocycles. The molecule has 2 fully saturated rings. The van der Waals surface area contributed by atoms with Crippen LogP contribution in [0.4, 0.5) is 5.69 Å². The van der Waals surface area contributed by atoms with Crippen molar-refractivity contribution in [1.82, 2.24) is 10.2 Å². The molecule has 0 saturated carbocycles. The minimum absolute atomic E-state index is 0.0833. The largest absolute Gasteiger partial charge is 0.383 e. The minimum Gasteiger partial charge on any atom is -0.383 e. The van der Waals surface area contributed by atoms with E-state index in [9.17, 15) is 14.4 Å². The number of halogens is 1. The Kier molecular flexibility index (Phi) is 4.40. The number of fused-ring (bicyclic) bond motifs is 4. The van der Waals surface area contributed by atoms with Crippen molar-refractivity contribution in [2.75, 3.05) is 25.6 Å². The Labute approximate surface area is 165 Å². The van der Waals surface area contributed by atoms with Crippen molar-refractivity contribution < 1.29 is 19.1 Å². The van der Waals surface area contributed by atoms with Gasteiger partial charge in [-0.3, -0.25) is 24.6 Å². The predicted molar refractivity (Wildman–Crippen MR) is 102 cm³/mol. The van der Waals surface area contributed by atoms with Crippen LogP contribution in [0.5, 0.6) is 0 Å². The van der Waals surface area contributed by atoms with Gasteiger partial charge in [0.15, 0.2) is 0 Å². The summed E-state index contributed by atoms with van der Waals surface area (Å²) in [4.78, 5) is 40.8. The first kappa shape index (κ1) is 18.6. The number of hydrogen-bond donors (Lipinski definition) is 2. The number of nitrogens with zero attached hydrogens (tertiary/aromatic N) is 1. The van der Waals surface area contributed by atoms with Gasteiger partial charge in [0.2, 0.25) is 17.7 Å². The molecule has 2 N–H and O–H groups in total. The fourth-order valence-corrected chi connectivity index (χ4v) is 5.10. The molecule has 7 nitrogen and oxygen atoms in total. The van der Waals surface area contributed by atoms with Crippen LogP contribution in [0.1, 0.15) is 19.4 Å². The zero-order valence-corrected chi connectivity index (χ0v) is 17.0. The number of nitrogens with one attached hydrogen (secondary N) is 2. The standard InChI is InChI=1S/C19H22BrN3O4/c1-9(2)15-13-14(17(25)23(16(13)24)6-7-27-3)19(22-15)11-8-10(20)4-5-12(11)21-18(19)26/h4-5,8-9,13-15,22H,6-7H2,1-3H3,(H,21,26)/t13-,14-,15+,19-/m0/s1. The molecule has 3 aliphatic heterocycles. The monoisotopic (exact) mass is 435 g/mol. The third-order valence-electron chi connectivity index (χ3n) is 5.94. The third kappa shape index (κ3) is 2.43. The summed E-state index contributed by atoms with van der Waals surface area (Å²) in [5.74, 6) is -2.04. The van der Waals surface area contributed by atoms with E-state index in [1.165, 1.54) is 12.0 Å². The van der Waals surface area contributed by atoms with Crippen LogP contribution in [-0.2, 0) is 24.7 Å². The van der Waals surface area contributed by atoms with Gasteiger partial charge < -0.3 is 10.1 Å². The van der Waals surface area contributed by atoms with Gasteiger partial charge in [-0.05, 0) is 24.1 Å². The van der Waals surface area contributed by atoms with E-state index in [0.29, 0.717) is 5.69 Å². The molecule has 0 radical (unpaired) electrons. The summed E-state index contributed by atoms with van der Waals surface area (Å²) < 4.78 is 5.88. The lowest BCUT2D eigenvalue weighted by atomic mass is 9.76. The SMILES string of the molecule is COCCN1C(=O)[C@@H]2[C@@H](C(C)C)N[C@]3(C(=O)Nc4ccc(Br)cc43)[C@@H]2C1=O. The number of imide groups is 1. The molecule has 4 atom stereocenters. The summed E-state index contributed by atoms with van der Waals surface area (Å²) in [6, 6.07) is 5.25. The maximum atomic E-state index is 13.3. The number of methoxy groups -OCH3 is 1. The van der Waals surface area contributed by atoms with Gasteiger partial charge in [0.1, 0.15) is 5.54 Å². The number of carbonyl (C=O) groups excluding carboxylic acids is 3.